The summed E-state index contributed by atoms with van der Waals surface area (Å²) >= 11 is 11.2. The molecular weight excluding hydrogens is 305 g/mol. The second kappa shape index (κ2) is 5.90. The van der Waals surface area contributed by atoms with Crippen molar-refractivity contribution in [1.82, 2.24) is 0 Å². The van der Waals surface area contributed by atoms with Crippen molar-refractivity contribution in [3.63, 3.8) is 0 Å². The Morgan fingerprint density at radius 3 is 2.70 bits per heavy atom. The van der Waals surface area contributed by atoms with Crippen LogP contribution >= 0.6 is 23.2 Å². The summed E-state index contributed by atoms with van der Waals surface area (Å²) in [4.78, 5) is 20.8. The Morgan fingerprint density at radius 1 is 1.30 bits per heavy atom. The summed E-state index contributed by atoms with van der Waals surface area (Å²) in [6.45, 7) is 0. The lowest BCUT2D eigenvalue weighted by molar-refractivity contribution is -0.384. The van der Waals surface area contributed by atoms with Gasteiger partial charge >= 0.3 is 0 Å². The van der Waals surface area contributed by atoms with E-state index in [0.717, 1.165) is 6.08 Å². The molecule has 0 radical (unpaired) electrons. The van der Waals surface area contributed by atoms with Gasteiger partial charge in [0.15, 0.2) is 0 Å². The van der Waals surface area contributed by atoms with Gasteiger partial charge in [0, 0.05) is 23.8 Å². The molecule has 2 rings (SSSR count). The van der Waals surface area contributed by atoms with E-state index in [1.54, 1.807) is 12.1 Å². The molecule has 0 N–H and O–H groups in total. The average Bonchev–Trinajstić information content (AvgIpc) is 2.85. The van der Waals surface area contributed by atoms with Crippen LogP contribution in [0.5, 0.6) is 0 Å². The number of rotatable bonds is 4. The van der Waals surface area contributed by atoms with Crippen LogP contribution < -0.4 is 0 Å². The van der Waals surface area contributed by atoms with Gasteiger partial charge in [-0.15, -0.1) is 0 Å². The zero-order valence-corrected chi connectivity index (χ0v) is 11.4. The number of benzene rings is 1. The van der Waals surface area contributed by atoms with Crippen LogP contribution in [0.15, 0.2) is 40.8 Å². The van der Waals surface area contributed by atoms with Crippen LogP contribution in [-0.4, -0.2) is 10.2 Å². The Labute approximate surface area is 123 Å². The van der Waals surface area contributed by atoms with E-state index in [1.807, 2.05) is 0 Å². The highest BCUT2D eigenvalue weighted by Gasteiger charge is 2.13. The molecule has 0 atom stereocenters. The summed E-state index contributed by atoms with van der Waals surface area (Å²) in [5.41, 5.74) is 0.312. The molecule has 0 amide bonds. The highest BCUT2D eigenvalue weighted by Crippen LogP contribution is 2.32. The topological polar surface area (TPSA) is 73.3 Å². The zero-order chi connectivity index (χ0) is 14.7. The number of carbonyl (C=O) groups excluding carboxylic acids is 1. The quantitative estimate of drug-likeness (QED) is 0.365. The molecule has 2 aromatic rings. The number of non-ortho nitro benzene ring substituents is 1. The number of carbonyl (C=O) groups is 1. The summed E-state index contributed by atoms with van der Waals surface area (Å²) in [6.07, 6.45) is 2.53. The predicted molar refractivity (Wildman–Crippen MR) is 75.7 cm³/mol. The highest BCUT2D eigenvalue weighted by atomic mass is 35.5. The minimum absolute atomic E-state index is 0.0890. The number of nitrogens with zero attached hydrogens (tertiary/aromatic N) is 1. The molecule has 7 heteroatoms. The van der Waals surface area contributed by atoms with Gasteiger partial charge in [-0.2, -0.15) is 0 Å². The Morgan fingerprint density at radius 2 is 2.05 bits per heavy atom. The van der Waals surface area contributed by atoms with Gasteiger partial charge in [0.1, 0.15) is 11.5 Å². The molecule has 0 bridgehead atoms. The first-order chi connectivity index (χ1) is 9.47. The van der Waals surface area contributed by atoms with Crippen molar-refractivity contribution in [3.8, 4) is 11.3 Å². The smallest absolute Gasteiger partial charge is 0.270 e. The van der Waals surface area contributed by atoms with Gasteiger partial charge < -0.3 is 4.42 Å². The summed E-state index contributed by atoms with van der Waals surface area (Å²) in [6, 6.07) is 7.25. The second-order valence-corrected chi connectivity index (χ2v) is 4.54. The third kappa shape index (κ3) is 3.26. The monoisotopic (exact) mass is 311 g/mol. The van der Waals surface area contributed by atoms with Gasteiger partial charge in [0.2, 0.25) is 5.24 Å². The third-order valence-corrected chi connectivity index (χ3v) is 2.89. The van der Waals surface area contributed by atoms with E-state index in [2.05, 4.69) is 0 Å². The van der Waals surface area contributed by atoms with Crippen molar-refractivity contribution < 1.29 is 14.1 Å². The van der Waals surface area contributed by atoms with Gasteiger partial charge in [-0.05, 0) is 35.9 Å². The van der Waals surface area contributed by atoms with Crippen molar-refractivity contribution in [2.75, 3.05) is 0 Å². The molecule has 0 saturated carbocycles. The van der Waals surface area contributed by atoms with Gasteiger partial charge in [0.25, 0.3) is 5.69 Å². The molecule has 0 fully saturated rings. The molecule has 5 nitrogen and oxygen atoms in total. The van der Waals surface area contributed by atoms with Gasteiger partial charge in [-0.25, -0.2) is 0 Å². The van der Waals surface area contributed by atoms with E-state index in [9.17, 15) is 14.9 Å². The van der Waals surface area contributed by atoms with Crippen LogP contribution in [0.25, 0.3) is 17.4 Å². The predicted octanol–water partition coefficient (Wildman–Crippen LogP) is 4.29. The van der Waals surface area contributed by atoms with Gasteiger partial charge in [-0.1, -0.05) is 11.6 Å². The minimum Gasteiger partial charge on any atom is -0.457 e. The Kier molecular flexibility index (Phi) is 4.22. The Balaban J connectivity index is 2.39. The lowest BCUT2D eigenvalue weighted by Crippen LogP contribution is -1.88. The number of nitro benzene ring substituents is 1. The van der Waals surface area contributed by atoms with Crippen LogP contribution in [0.1, 0.15) is 5.76 Å². The summed E-state index contributed by atoms with van der Waals surface area (Å²) < 4.78 is 5.43. The highest BCUT2D eigenvalue weighted by molar-refractivity contribution is 6.66. The number of hydrogen-bond acceptors (Lipinski definition) is 4. The number of allylic oxidation sites excluding steroid dienone is 1. The number of halogens is 2. The van der Waals surface area contributed by atoms with E-state index in [4.69, 9.17) is 27.6 Å². The molecule has 1 aromatic heterocycles. The molecule has 1 aromatic carbocycles. The lowest BCUT2D eigenvalue weighted by atomic mass is 10.1. The van der Waals surface area contributed by atoms with Crippen LogP contribution in [0, 0.1) is 10.1 Å². The van der Waals surface area contributed by atoms with Gasteiger partial charge in [0.05, 0.1) is 9.95 Å². The van der Waals surface area contributed by atoms with Crippen LogP contribution in [0.4, 0.5) is 5.69 Å². The molecule has 20 heavy (non-hydrogen) atoms. The summed E-state index contributed by atoms with van der Waals surface area (Å²) in [5.74, 6) is 0.747. The Hall–Kier alpha value is -2.11. The summed E-state index contributed by atoms with van der Waals surface area (Å²) in [7, 11) is 0. The van der Waals surface area contributed by atoms with Crippen molar-refractivity contribution in [1.29, 1.82) is 0 Å². The third-order valence-electron chi connectivity index (χ3n) is 2.43. The van der Waals surface area contributed by atoms with Crippen molar-refractivity contribution in [3.05, 3.63) is 57.3 Å². The van der Waals surface area contributed by atoms with E-state index in [1.165, 1.54) is 24.3 Å². The van der Waals surface area contributed by atoms with E-state index in [0.29, 0.717) is 22.1 Å². The fourth-order valence-corrected chi connectivity index (χ4v) is 1.82. The maximum absolute atomic E-state index is 10.7. The normalized spacial score (nSPS) is 10.9. The van der Waals surface area contributed by atoms with E-state index >= 15 is 0 Å². The molecular formula is C13H7Cl2NO4. The van der Waals surface area contributed by atoms with Crippen LogP contribution in [0.2, 0.25) is 5.02 Å². The standard InChI is InChI=1S/C13H7Cl2NO4/c14-11-4-1-8(16(18)19)7-10(11)12-5-2-9(20-12)3-6-13(15)17/h1-7H/b6-3+. The number of furan rings is 1. The van der Waals surface area contributed by atoms with E-state index in [-0.39, 0.29) is 5.69 Å². The molecule has 1 heterocycles. The molecule has 0 aliphatic rings. The van der Waals surface area contributed by atoms with Crippen molar-refractivity contribution >= 4 is 40.2 Å². The molecule has 0 saturated heterocycles. The van der Waals surface area contributed by atoms with Crippen molar-refractivity contribution in [2.24, 2.45) is 0 Å². The fraction of sp³-hybridized carbons (Fsp3) is 0. The van der Waals surface area contributed by atoms with Crippen molar-refractivity contribution in [2.45, 2.75) is 0 Å². The number of nitro groups is 1. The first kappa shape index (κ1) is 14.3. The summed E-state index contributed by atoms with van der Waals surface area (Å²) in [5, 5.41) is 10.4. The molecule has 0 unspecified atom stereocenters. The Bertz CT molecular complexity index is 706. The largest absolute Gasteiger partial charge is 0.457 e. The molecule has 0 aliphatic heterocycles. The van der Waals surface area contributed by atoms with Crippen LogP contribution in [-0.2, 0) is 4.79 Å². The molecule has 0 spiro atoms. The maximum Gasteiger partial charge on any atom is 0.270 e. The SMILES string of the molecule is O=C(Cl)/C=C/c1ccc(-c2cc([N+](=O)[O-])ccc2Cl)o1. The van der Waals surface area contributed by atoms with Crippen LogP contribution in [0.3, 0.4) is 0 Å². The zero-order valence-electron chi connectivity index (χ0n) is 9.88. The fourth-order valence-electron chi connectivity index (χ4n) is 1.55. The van der Waals surface area contributed by atoms with E-state index < -0.39 is 10.2 Å². The lowest BCUT2D eigenvalue weighted by Gasteiger charge is -2.00. The number of hydrogen-bond donors (Lipinski definition) is 0. The minimum atomic E-state index is -0.628. The molecule has 0 aliphatic carbocycles. The maximum atomic E-state index is 10.7. The van der Waals surface area contributed by atoms with Gasteiger partial charge in [-0.3, -0.25) is 14.9 Å². The first-order valence-electron chi connectivity index (χ1n) is 5.39. The first-order valence-corrected chi connectivity index (χ1v) is 6.14. The average molecular weight is 312 g/mol. The molecule has 102 valence electrons. The second-order valence-electron chi connectivity index (χ2n) is 3.76.